The van der Waals surface area contributed by atoms with E-state index in [9.17, 15) is 4.79 Å². The van der Waals surface area contributed by atoms with E-state index in [1.165, 1.54) is 0 Å². The maximum atomic E-state index is 11.8. The van der Waals surface area contributed by atoms with Gasteiger partial charge in [-0.2, -0.15) is 0 Å². The van der Waals surface area contributed by atoms with Crippen LogP contribution in [0.15, 0.2) is 24.3 Å². The summed E-state index contributed by atoms with van der Waals surface area (Å²) in [5.41, 5.74) is 2.15. The van der Waals surface area contributed by atoms with Gasteiger partial charge >= 0.3 is 0 Å². The molecule has 0 unspecified atom stereocenters. The van der Waals surface area contributed by atoms with Gasteiger partial charge in [-0.25, -0.2) is 0 Å². The molecule has 1 aromatic rings. The normalized spacial score (nSPS) is 14.7. The maximum absolute atomic E-state index is 11.8. The molecule has 1 N–H and O–H groups in total. The molecular weight excluding hydrogens is 226 g/mol. The van der Waals surface area contributed by atoms with Crippen molar-refractivity contribution in [3.63, 3.8) is 0 Å². The minimum atomic E-state index is 0.198. The van der Waals surface area contributed by atoms with Gasteiger partial charge in [0.1, 0.15) is 0 Å². The van der Waals surface area contributed by atoms with Crippen molar-refractivity contribution in [1.82, 2.24) is 4.90 Å². The molecule has 1 aliphatic rings. The van der Waals surface area contributed by atoms with E-state index >= 15 is 0 Å². The quantitative estimate of drug-likeness (QED) is 0.881. The van der Waals surface area contributed by atoms with Crippen LogP contribution in [0.1, 0.15) is 12.8 Å². The monoisotopic (exact) mass is 247 g/mol. The second-order valence-electron chi connectivity index (χ2n) is 4.88. The molecule has 0 saturated carbocycles. The molecule has 18 heavy (non-hydrogen) atoms. The van der Waals surface area contributed by atoms with Gasteiger partial charge in [0.15, 0.2) is 0 Å². The third kappa shape index (κ3) is 3.15. The lowest BCUT2D eigenvalue weighted by molar-refractivity contribution is -0.128. The molecule has 1 heterocycles. The molecule has 1 aliphatic heterocycles. The molecule has 0 aliphatic carbocycles. The Kier molecular flexibility index (Phi) is 4.07. The molecule has 1 saturated heterocycles. The summed E-state index contributed by atoms with van der Waals surface area (Å²) in [7, 11) is 4.03. The van der Waals surface area contributed by atoms with Crippen molar-refractivity contribution in [2.24, 2.45) is 0 Å². The van der Waals surface area contributed by atoms with Gasteiger partial charge in [-0.3, -0.25) is 4.79 Å². The zero-order valence-corrected chi connectivity index (χ0v) is 11.1. The standard InChI is InChI=1S/C14H21N3O/c1-16(2)13-7-5-12(6-8-13)15-11-14(18)17-9-3-4-10-17/h5-8,15H,3-4,9-11H2,1-2H3. The van der Waals surface area contributed by atoms with Gasteiger partial charge in [0.25, 0.3) is 0 Å². The van der Waals surface area contributed by atoms with Gasteiger partial charge in [-0.1, -0.05) is 0 Å². The van der Waals surface area contributed by atoms with Crippen LogP contribution in [-0.4, -0.2) is 44.5 Å². The van der Waals surface area contributed by atoms with E-state index in [0.29, 0.717) is 6.54 Å². The van der Waals surface area contributed by atoms with Crippen molar-refractivity contribution in [2.75, 3.05) is 43.9 Å². The Morgan fingerprint density at radius 3 is 2.39 bits per heavy atom. The number of hydrogen-bond acceptors (Lipinski definition) is 3. The number of hydrogen-bond donors (Lipinski definition) is 1. The van der Waals surface area contributed by atoms with Crippen molar-refractivity contribution in [1.29, 1.82) is 0 Å². The molecular formula is C14H21N3O. The van der Waals surface area contributed by atoms with Crippen LogP contribution in [-0.2, 0) is 4.79 Å². The van der Waals surface area contributed by atoms with Crippen molar-refractivity contribution in [3.05, 3.63) is 24.3 Å². The molecule has 98 valence electrons. The van der Waals surface area contributed by atoms with Crippen LogP contribution in [0.2, 0.25) is 0 Å². The fourth-order valence-electron chi connectivity index (χ4n) is 2.13. The smallest absolute Gasteiger partial charge is 0.241 e. The molecule has 0 bridgehead atoms. The summed E-state index contributed by atoms with van der Waals surface area (Å²) in [5, 5.41) is 3.18. The van der Waals surface area contributed by atoms with Gasteiger partial charge < -0.3 is 15.1 Å². The fraction of sp³-hybridized carbons (Fsp3) is 0.500. The molecule has 4 nitrogen and oxygen atoms in total. The van der Waals surface area contributed by atoms with E-state index in [1.54, 1.807) is 0 Å². The molecule has 4 heteroatoms. The van der Waals surface area contributed by atoms with Crippen molar-refractivity contribution < 1.29 is 4.79 Å². The van der Waals surface area contributed by atoms with Crippen LogP contribution >= 0.6 is 0 Å². The largest absolute Gasteiger partial charge is 0.378 e. The van der Waals surface area contributed by atoms with E-state index < -0.39 is 0 Å². The second-order valence-corrected chi connectivity index (χ2v) is 4.88. The van der Waals surface area contributed by atoms with E-state index in [1.807, 2.05) is 43.3 Å². The average molecular weight is 247 g/mol. The molecule has 0 spiro atoms. The Bertz CT molecular complexity index is 394. The van der Waals surface area contributed by atoms with Gasteiger partial charge in [0, 0.05) is 38.6 Å². The average Bonchev–Trinajstić information content (AvgIpc) is 2.90. The SMILES string of the molecule is CN(C)c1ccc(NCC(=O)N2CCCC2)cc1. The Morgan fingerprint density at radius 2 is 1.83 bits per heavy atom. The van der Waals surface area contributed by atoms with Crippen LogP contribution < -0.4 is 10.2 Å². The number of amides is 1. The Morgan fingerprint density at radius 1 is 1.22 bits per heavy atom. The predicted molar refractivity (Wildman–Crippen MR) is 75.1 cm³/mol. The maximum Gasteiger partial charge on any atom is 0.241 e. The minimum Gasteiger partial charge on any atom is -0.378 e. The summed E-state index contributed by atoms with van der Waals surface area (Å²) in [6, 6.07) is 8.10. The molecule has 1 aromatic carbocycles. The van der Waals surface area contributed by atoms with Gasteiger partial charge in [-0.15, -0.1) is 0 Å². The number of benzene rings is 1. The Hall–Kier alpha value is -1.71. The number of nitrogens with one attached hydrogen (secondary N) is 1. The minimum absolute atomic E-state index is 0.198. The van der Waals surface area contributed by atoms with Gasteiger partial charge in [0.2, 0.25) is 5.91 Å². The van der Waals surface area contributed by atoms with Crippen molar-refractivity contribution in [2.45, 2.75) is 12.8 Å². The first-order valence-corrected chi connectivity index (χ1v) is 6.46. The van der Waals surface area contributed by atoms with E-state index in [4.69, 9.17) is 0 Å². The van der Waals surface area contributed by atoms with Crippen LogP contribution in [0.4, 0.5) is 11.4 Å². The lowest BCUT2D eigenvalue weighted by Gasteiger charge is -2.16. The summed E-state index contributed by atoms with van der Waals surface area (Å²) < 4.78 is 0. The topological polar surface area (TPSA) is 35.6 Å². The second kappa shape index (κ2) is 5.76. The molecule has 1 amide bonds. The van der Waals surface area contributed by atoms with Gasteiger partial charge in [0.05, 0.1) is 6.54 Å². The number of nitrogens with zero attached hydrogens (tertiary/aromatic N) is 2. The lowest BCUT2D eigenvalue weighted by atomic mass is 10.2. The highest BCUT2D eigenvalue weighted by Gasteiger charge is 2.16. The summed E-state index contributed by atoms with van der Waals surface area (Å²) in [5.74, 6) is 0.198. The highest BCUT2D eigenvalue weighted by atomic mass is 16.2. The Balaban J connectivity index is 1.84. The number of carbonyl (C=O) groups excluding carboxylic acids is 1. The first-order chi connectivity index (χ1) is 8.66. The summed E-state index contributed by atoms with van der Waals surface area (Å²) in [4.78, 5) is 15.8. The number of anilines is 2. The number of rotatable bonds is 4. The summed E-state index contributed by atoms with van der Waals surface area (Å²) in [6.07, 6.45) is 2.28. The zero-order valence-electron chi connectivity index (χ0n) is 11.1. The van der Waals surface area contributed by atoms with Crippen molar-refractivity contribution in [3.8, 4) is 0 Å². The van der Waals surface area contributed by atoms with E-state index in [-0.39, 0.29) is 5.91 Å². The summed E-state index contributed by atoms with van der Waals surface area (Å²) in [6.45, 7) is 2.22. The number of likely N-dealkylation sites (tertiary alicyclic amines) is 1. The number of carbonyl (C=O) groups is 1. The first-order valence-electron chi connectivity index (χ1n) is 6.46. The third-order valence-corrected chi connectivity index (χ3v) is 3.29. The first kappa shape index (κ1) is 12.7. The van der Waals surface area contributed by atoms with Crippen LogP contribution in [0.25, 0.3) is 0 Å². The molecule has 0 radical (unpaired) electrons. The highest BCUT2D eigenvalue weighted by Crippen LogP contribution is 2.15. The third-order valence-electron chi connectivity index (χ3n) is 3.29. The van der Waals surface area contributed by atoms with Crippen LogP contribution in [0.5, 0.6) is 0 Å². The van der Waals surface area contributed by atoms with Crippen LogP contribution in [0, 0.1) is 0 Å². The Labute approximate surface area is 109 Å². The molecule has 0 aromatic heterocycles. The fourth-order valence-corrected chi connectivity index (χ4v) is 2.13. The zero-order chi connectivity index (χ0) is 13.0. The van der Waals surface area contributed by atoms with Gasteiger partial charge in [-0.05, 0) is 37.1 Å². The molecule has 1 fully saturated rings. The van der Waals surface area contributed by atoms with Crippen molar-refractivity contribution >= 4 is 17.3 Å². The highest BCUT2D eigenvalue weighted by molar-refractivity contribution is 5.81. The lowest BCUT2D eigenvalue weighted by Crippen LogP contribution is -2.32. The van der Waals surface area contributed by atoms with E-state index in [2.05, 4.69) is 10.2 Å². The molecule has 0 atom stereocenters. The van der Waals surface area contributed by atoms with E-state index in [0.717, 1.165) is 37.3 Å². The van der Waals surface area contributed by atoms with Crippen LogP contribution in [0.3, 0.4) is 0 Å². The predicted octanol–water partition coefficient (Wildman–Crippen LogP) is 1.79. The summed E-state index contributed by atoms with van der Waals surface area (Å²) >= 11 is 0. The molecule has 2 rings (SSSR count).